The maximum atomic E-state index is 10.7. The number of rotatable bonds is 1. The molecule has 68 valence electrons. The first-order chi connectivity index (χ1) is 5.57. The number of Topliss-reactive ketones (excluding diaryl/α,β-unsaturated/α-hetero) is 1. The number of cyclic esters (lactones) is 1. The van der Waals surface area contributed by atoms with E-state index in [2.05, 4.69) is 4.74 Å². The summed E-state index contributed by atoms with van der Waals surface area (Å²) in [6.45, 7) is 1.68. The fourth-order valence-corrected chi connectivity index (χ4v) is 1.07. The Morgan fingerprint density at radius 2 is 2.00 bits per heavy atom. The van der Waals surface area contributed by atoms with E-state index in [1.54, 1.807) is 6.92 Å². The van der Waals surface area contributed by atoms with Gasteiger partial charge in [-0.1, -0.05) is 6.92 Å². The lowest BCUT2D eigenvalue weighted by atomic mass is 9.99. The number of carbonyl (C=O) groups excluding carboxylic acids is 2. The van der Waals surface area contributed by atoms with Crippen molar-refractivity contribution in [1.29, 1.82) is 0 Å². The lowest BCUT2D eigenvalue weighted by Crippen LogP contribution is -2.52. The average Bonchev–Trinajstić information content (AvgIpc) is 2.08. The standard InChI is InChI=1S/C7H10O5/c1-2-3-4(8)5(9)6(10)7(11)12-3/h3-5,8-9H,2H2,1H3. The number of hydrogen-bond donors (Lipinski definition) is 2. The zero-order chi connectivity index (χ0) is 9.30. The number of ether oxygens (including phenoxy) is 1. The zero-order valence-corrected chi connectivity index (χ0v) is 6.56. The number of ketones is 1. The van der Waals surface area contributed by atoms with Crippen LogP contribution in [0.25, 0.3) is 0 Å². The van der Waals surface area contributed by atoms with Crippen molar-refractivity contribution >= 4 is 11.8 Å². The van der Waals surface area contributed by atoms with Crippen molar-refractivity contribution in [2.45, 2.75) is 31.7 Å². The van der Waals surface area contributed by atoms with Gasteiger partial charge in [-0.25, -0.2) is 4.79 Å². The molecule has 5 heteroatoms. The molecule has 0 spiro atoms. The molecule has 2 N–H and O–H groups in total. The molecule has 1 rings (SSSR count). The summed E-state index contributed by atoms with van der Waals surface area (Å²) in [6.07, 6.45) is -3.32. The van der Waals surface area contributed by atoms with E-state index >= 15 is 0 Å². The molecule has 0 aromatic rings. The van der Waals surface area contributed by atoms with E-state index < -0.39 is 30.1 Å². The Kier molecular flexibility index (Phi) is 2.44. The zero-order valence-electron chi connectivity index (χ0n) is 6.56. The van der Waals surface area contributed by atoms with E-state index in [1.165, 1.54) is 0 Å². The molecule has 0 bridgehead atoms. The first-order valence-electron chi connectivity index (χ1n) is 3.69. The van der Waals surface area contributed by atoms with E-state index in [9.17, 15) is 14.7 Å². The highest BCUT2D eigenvalue weighted by Crippen LogP contribution is 2.15. The lowest BCUT2D eigenvalue weighted by molar-refractivity contribution is -0.184. The SMILES string of the molecule is CCC1OC(=O)C(=O)C(O)C1O. The molecule has 1 aliphatic rings. The summed E-state index contributed by atoms with van der Waals surface area (Å²) < 4.78 is 4.53. The van der Waals surface area contributed by atoms with E-state index in [1.807, 2.05) is 0 Å². The Bertz CT molecular complexity index is 212. The number of aliphatic hydroxyl groups is 2. The molecule has 12 heavy (non-hydrogen) atoms. The van der Waals surface area contributed by atoms with Crippen LogP contribution in [-0.2, 0) is 14.3 Å². The fourth-order valence-electron chi connectivity index (χ4n) is 1.07. The van der Waals surface area contributed by atoms with Gasteiger partial charge >= 0.3 is 5.97 Å². The Hall–Kier alpha value is -0.940. The molecule has 0 aromatic heterocycles. The largest absolute Gasteiger partial charge is 0.454 e. The van der Waals surface area contributed by atoms with Gasteiger partial charge in [-0.3, -0.25) is 4.79 Å². The molecule has 1 saturated heterocycles. The molecular weight excluding hydrogens is 164 g/mol. The van der Waals surface area contributed by atoms with Gasteiger partial charge < -0.3 is 14.9 Å². The van der Waals surface area contributed by atoms with Gasteiger partial charge in [0.2, 0.25) is 0 Å². The summed E-state index contributed by atoms with van der Waals surface area (Å²) in [4.78, 5) is 21.4. The maximum Gasteiger partial charge on any atom is 0.377 e. The predicted octanol–water partition coefficient (Wildman–Crippen LogP) is -1.39. The molecular formula is C7H10O5. The highest BCUT2D eigenvalue weighted by atomic mass is 16.6. The predicted molar refractivity (Wildman–Crippen MR) is 37.2 cm³/mol. The number of hydrogen-bond acceptors (Lipinski definition) is 5. The minimum atomic E-state index is -1.63. The smallest absolute Gasteiger partial charge is 0.377 e. The second kappa shape index (κ2) is 3.20. The Morgan fingerprint density at radius 1 is 1.42 bits per heavy atom. The van der Waals surface area contributed by atoms with Gasteiger partial charge in [0.05, 0.1) is 0 Å². The van der Waals surface area contributed by atoms with Crippen LogP contribution >= 0.6 is 0 Å². The van der Waals surface area contributed by atoms with Crippen LogP contribution in [0, 0.1) is 0 Å². The molecule has 3 unspecified atom stereocenters. The summed E-state index contributed by atoms with van der Waals surface area (Å²) in [5.41, 5.74) is 0. The van der Waals surface area contributed by atoms with E-state index in [-0.39, 0.29) is 0 Å². The summed E-state index contributed by atoms with van der Waals surface area (Å²) in [7, 11) is 0. The van der Waals surface area contributed by atoms with Crippen LogP contribution in [0.4, 0.5) is 0 Å². The van der Waals surface area contributed by atoms with E-state index in [0.717, 1.165) is 0 Å². The second-order valence-electron chi connectivity index (χ2n) is 2.65. The molecule has 1 heterocycles. The van der Waals surface area contributed by atoms with Crippen LogP contribution in [0.15, 0.2) is 0 Å². The molecule has 1 aliphatic heterocycles. The molecule has 0 amide bonds. The van der Waals surface area contributed by atoms with Crippen molar-refractivity contribution in [1.82, 2.24) is 0 Å². The van der Waals surface area contributed by atoms with Crippen molar-refractivity contribution in [3.8, 4) is 0 Å². The normalized spacial score (nSPS) is 36.4. The highest BCUT2D eigenvalue weighted by molar-refractivity contribution is 6.36. The third kappa shape index (κ3) is 1.33. The minimum absolute atomic E-state index is 0.372. The molecule has 3 atom stereocenters. The average molecular weight is 174 g/mol. The topological polar surface area (TPSA) is 83.8 Å². The van der Waals surface area contributed by atoms with Crippen molar-refractivity contribution in [3.63, 3.8) is 0 Å². The van der Waals surface area contributed by atoms with Crippen molar-refractivity contribution in [2.24, 2.45) is 0 Å². The third-order valence-corrected chi connectivity index (χ3v) is 1.84. The van der Waals surface area contributed by atoms with E-state index in [0.29, 0.717) is 6.42 Å². The summed E-state index contributed by atoms with van der Waals surface area (Å²) in [5.74, 6) is -2.15. The molecule has 0 aliphatic carbocycles. The van der Waals surface area contributed by atoms with Crippen molar-refractivity contribution in [2.75, 3.05) is 0 Å². The molecule has 0 saturated carbocycles. The van der Waals surface area contributed by atoms with Gasteiger partial charge in [-0.05, 0) is 6.42 Å². The number of esters is 1. The summed E-state index contributed by atoms with van der Waals surface area (Å²) in [5, 5.41) is 18.2. The van der Waals surface area contributed by atoms with Crippen LogP contribution in [0.2, 0.25) is 0 Å². The second-order valence-corrected chi connectivity index (χ2v) is 2.65. The van der Waals surface area contributed by atoms with E-state index in [4.69, 9.17) is 5.11 Å². The first kappa shape index (κ1) is 9.15. The summed E-state index contributed by atoms with van der Waals surface area (Å²) in [6, 6.07) is 0. The molecule has 0 aromatic carbocycles. The van der Waals surface area contributed by atoms with Gasteiger partial charge in [0, 0.05) is 0 Å². The highest BCUT2D eigenvalue weighted by Gasteiger charge is 2.42. The Labute approximate surface area is 68.9 Å². The van der Waals surface area contributed by atoms with Gasteiger partial charge in [-0.15, -0.1) is 0 Å². The van der Waals surface area contributed by atoms with Gasteiger partial charge in [0.25, 0.3) is 5.78 Å². The van der Waals surface area contributed by atoms with Crippen molar-refractivity contribution < 1.29 is 24.5 Å². The van der Waals surface area contributed by atoms with Crippen LogP contribution < -0.4 is 0 Å². The fraction of sp³-hybridized carbons (Fsp3) is 0.714. The summed E-state index contributed by atoms with van der Waals surface area (Å²) >= 11 is 0. The van der Waals surface area contributed by atoms with Crippen LogP contribution in [0.1, 0.15) is 13.3 Å². The van der Waals surface area contributed by atoms with Crippen molar-refractivity contribution in [3.05, 3.63) is 0 Å². The Morgan fingerprint density at radius 3 is 2.50 bits per heavy atom. The monoisotopic (exact) mass is 174 g/mol. The molecule has 0 radical (unpaired) electrons. The lowest BCUT2D eigenvalue weighted by Gasteiger charge is -2.29. The third-order valence-electron chi connectivity index (χ3n) is 1.84. The number of carbonyl (C=O) groups is 2. The quantitative estimate of drug-likeness (QED) is 0.378. The molecule has 5 nitrogen and oxygen atoms in total. The van der Waals surface area contributed by atoms with Gasteiger partial charge in [-0.2, -0.15) is 0 Å². The molecule has 1 fully saturated rings. The van der Waals surface area contributed by atoms with Crippen LogP contribution in [-0.4, -0.2) is 40.3 Å². The van der Waals surface area contributed by atoms with Gasteiger partial charge in [0.15, 0.2) is 6.10 Å². The number of aliphatic hydroxyl groups excluding tert-OH is 2. The van der Waals surface area contributed by atoms with Crippen LogP contribution in [0.5, 0.6) is 0 Å². The van der Waals surface area contributed by atoms with Gasteiger partial charge in [0.1, 0.15) is 12.2 Å². The van der Waals surface area contributed by atoms with Crippen LogP contribution in [0.3, 0.4) is 0 Å². The Balaban J connectivity index is 2.77. The first-order valence-corrected chi connectivity index (χ1v) is 3.69. The minimum Gasteiger partial charge on any atom is -0.454 e. The maximum absolute atomic E-state index is 10.7.